The summed E-state index contributed by atoms with van der Waals surface area (Å²) in [5.41, 5.74) is 2.77. The number of carbonyl (C=O) groups is 1. The van der Waals surface area contributed by atoms with E-state index in [1.54, 1.807) is 19.1 Å². The summed E-state index contributed by atoms with van der Waals surface area (Å²) >= 11 is 0. The second-order valence-electron chi connectivity index (χ2n) is 6.69. The van der Waals surface area contributed by atoms with Crippen LogP contribution in [0, 0.1) is 24.1 Å². The number of carbonyl (C=O) groups excluding carboxylic acids is 1. The molecule has 1 amide bonds. The molecule has 0 aromatic heterocycles. The lowest BCUT2D eigenvalue weighted by Gasteiger charge is -2.22. The number of hydrogen-bond donors (Lipinski definition) is 0. The molecule has 1 aliphatic rings. The number of nitriles is 1. The highest BCUT2D eigenvalue weighted by atomic mass is 19.1. The number of hydrogen-bond acceptors (Lipinski definition) is 3. The van der Waals surface area contributed by atoms with E-state index in [0.29, 0.717) is 29.8 Å². The van der Waals surface area contributed by atoms with Crippen LogP contribution in [0.25, 0.3) is 0 Å². The van der Waals surface area contributed by atoms with Crippen LogP contribution in [0.2, 0.25) is 0 Å². The van der Waals surface area contributed by atoms with Gasteiger partial charge in [0.25, 0.3) is 5.91 Å². The lowest BCUT2D eigenvalue weighted by Crippen LogP contribution is -2.35. The van der Waals surface area contributed by atoms with Gasteiger partial charge in [-0.2, -0.15) is 5.26 Å². The van der Waals surface area contributed by atoms with Gasteiger partial charge < -0.3 is 4.90 Å². The highest BCUT2D eigenvalue weighted by Crippen LogP contribution is 2.15. The smallest absolute Gasteiger partial charge is 0.254 e. The zero-order valence-electron chi connectivity index (χ0n) is 14.9. The Morgan fingerprint density at radius 1 is 1.12 bits per heavy atom. The Kier molecular flexibility index (Phi) is 5.65. The van der Waals surface area contributed by atoms with Crippen molar-refractivity contribution < 1.29 is 9.18 Å². The topological polar surface area (TPSA) is 47.3 Å². The standard InChI is InChI=1S/C21H22FN3O/c1-16-3-8-19(13-20(16)22)21(26)25-10-2-9-24(11-12-25)15-18-6-4-17(14-23)5-7-18/h3-8,13H,2,9-12,15H2,1H3. The average molecular weight is 351 g/mol. The number of nitrogens with zero attached hydrogens (tertiary/aromatic N) is 3. The molecule has 134 valence electrons. The number of amides is 1. The average Bonchev–Trinajstić information content (AvgIpc) is 2.89. The zero-order valence-corrected chi connectivity index (χ0v) is 14.9. The van der Waals surface area contributed by atoms with Crippen molar-refractivity contribution >= 4 is 5.91 Å². The van der Waals surface area contributed by atoms with Crippen molar-refractivity contribution in [2.24, 2.45) is 0 Å². The van der Waals surface area contributed by atoms with Crippen LogP contribution in [0.5, 0.6) is 0 Å². The first-order valence-electron chi connectivity index (χ1n) is 8.83. The van der Waals surface area contributed by atoms with Gasteiger partial charge in [0.2, 0.25) is 0 Å². The molecule has 0 saturated carbocycles. The summed E-state index contributed by atoms with van der Waals surface area (Å²) in [5.74, 6) is -0.447. The first-order valence-corrected chi connectivity index (χ1v) is 8.83. The molecule has 0 radical (unpaired) electrons. The van der Waals surface area contributed by atoms with Gasteiger partial charge in [-0.25, -0.2) is 4.39 Å². The number of halogens is 1. The first-order chi connectivity index (χ1) is 12.6. The van der Waals surface area contributed by atoms with Gasteiger partial charge in [-0.1, -0.05) is 18.2 Å². The largest absolute Gasteiger partial charge is 0.337 e. The minimum atomic E-state index is -0.340. The summed E-state index contributed by atoms with van der Waals surface area (Å²) in [5, 5.41) is 8.87. The summed E-state index contributed by atoms with van der Waals surface area (Å²) in [6, 6.07) is 14.4. The van der Waals surface area contributed by atoms with Crippen LogP contribution in [0.3, 0.4) is 0 Å². The van der Waals surface area contributed by atoms with Crippen molar-refractivity contribution in [3.05, 3.63) is 70.5 Å². The van der Waals surface area contributed by atoms with Gasteiger partial charge in [-0.15, -0.1) is 0 Å². The molecule has 1 heterocycles. The van der Waals surface area contributed by atoms with Crippen molar-refractivity contribution in [2.45, 2.75) is 19.9 Å². The Morgan fingerprint density at radius 3 is 2.58 bits per heavy atom. The molecule has 0 unspecified atom stereocenters. The molecule has 0 N–H and O–H groups in total. The molecule has 26 heavy (non-hydrogen) atoms. The lowest BCUT2D eigenvalue weighted by molar-refractivity contribution is 0.0760. The van der Waals surface area contributed by atoms with Crippen LogP contribution in [0.1, 0.15) is 33.5 Å². The maximum absolute atomic E-state index is 13.7. The molecule has 5 heteroatoms. The van der Waals surface area contributed by atoms with Gasteiger partial charge in [-0.3, -0.25) is 9.69 Å². The monoisotopic (exact) mass is 351 g/mol. The maximum atomic E-state index is 13.7. The number of aryl methyl sites for hydroxylation is 1. The third-order valence-electron chi connectivity index (χ3n) is 4.78. The number of benzene rings is 2. The van der Waals surface area contributed by atoms with Crippen molar-refractivity contribution in [2.75, 3.05) is 26.2 Å². The van der Waals surface area contributed by atoms with Gasteiger partial charge in [0.15, 0.2) is 0 Å². The summed E-state index contributed by atoms with van der Waals surface area (Å²) in [4.78, 5) is 16.8. The normalized spacial score (nSPS) is 15.3. The molecule has 0 atom stereocenters. The third-order valence-corrected chi connectivity index (χ3v) is 4.78. The summed E-state index contributed by atoms with van der Waals surface area (Å²) in [6.07, 6.45) is 0.885. The molecular weight excluding hydrogens is 329 g/mol. The van der Waals surface area contributed by atoms with E-state index in [-0.39, 0.29) is 11.7 Å². The van der Waals surface area contributed by atoms with Crippen LogP contribution < -0.4 is 0 Å². The van der Waals surface area contributed by atoms with E-state index in [0.717, 1.165) is 31.6 Å². The Balaban J connectivity index is 1.61. The molecule has 4 nitrogen and oxygen atoms in total. The molecule has 0 bridgehead atoms. The molecule has 0 aliphatic carbocycles. The fourth-order valence-electron chi connectivity index (χ4n) is 3.18. The van der Waals surface area contributed by atoms with Crippen molar-refractivity contribution in [3.8, 4) is 6.07 Å². The summed E-state index contributed by atoms with van der Waals surface area (Å²) in [6.45, 7) is 5.48. The fraction of sp³-hybridized carbons (Fsp3) is 0.333. The van der Waals surface area contributed by atoms with Gasteiger partial charge in [-0.05, 0) is 48.7 Å². The summed E-state index contributed by atoms with van der Waals surface area (Å²) in [7, 11) is 0. The SMILES string of the molecule is Cc1ccc(C(=O)N2CCCN(Cc3ccc(C#N)cc3)CC2)cc1F. The highest BCUT2D eigenvalue weighted by molar-refractivity contribution is 5.94. The van der Waals surface area contributed by atoms with Gasteiger partial charge in [0, 0.05) is 38.3 Å². The molecule has 3 rings (SSSR count). The Morgan fingerprint density at radius 2 is 1.88 bits per heavy atom. The quantitative estimate of drug-likeness (QED) is 0.852. The second kappa shape index (κ2) is 8.11. The predicted octanol–water partition coefficient (Wildman–Crippen LogP) is 3.35. The molecule has 1 aliphatic heterocycles. The van der Waals surface area contributed by atoms with E-state index >= 15 is 0 Å². The van der Waals surface area contributed by atoms with E-state index in [4.69, 9.17) is 5.26 Å². The van der Waals surface area contributed by atoms with E-state index in [9.17, 15) is 9.18 Å². The molecule has 2 aromatic rings. The predicted molar refractivity (Wildman–Crippen MR) is 98.1 cm³/mol. The van der Waals surface area contributed by atoms with Crippen LogP contribution in [-0.2, 0) is 6.54 Å². The van der Waals surface area contributed by atoms with Crippen LogP contribution in [0.15, 0.2) is 42.5 Å². The maximum Gasteiger partial charge on any atom is 0.254 e. The minimum Gasteiger partial charge on any atom is -0.337 e. The van der Waals surface area contributed by atoms with E-state index < -0.39 is 0 Å². The van der Waals surface area contributed by atoms with E-state index in [2.05, 4.69) is 11.0 Å². The summed E-state index contributed by atoms with van der Waals surface area (Å²) < 4.78 is 13.7. The zero-order chi connectivity index (χ0) is 18.5. The molecule has 0 spiro atoms. The van der Waals surface area contributed by atoms with Crippen molar-refractivity contribution in [3.63, 3.8) is 0 Å². The van der Waals surface area contributed by atoms with Crippen molar-refractivity contribution in [1.82, 2.24) is 9.80 Å². The van der Waals surface area contributed by atoms with Gasteiger partial charge >= 0.3 is 0 Å². The molecule has 1 saturated heterocycles. The van der Waals surface area contributed by atoms with E-state index in [1.807, 2.05) is 29.2 Å². The number of rotatable bonds is 3. The van der Waals surface area contributed by atoms with Crippen LogP contribution >= 0.6 is 0 Å². The Bertz CT molecular complexity index is 826. The lowest BCUT2D eigenvalue weighted by atomic mass is 10.1. The molecule has 1 fully saturated rings. The second-order valence-corrected chi connectivity index (χ2v) is 6.69. The van der Waals surface area contributed by atoms with Crippen molar-refractivity contribution in [1.29, 1.82) is 5.26 Å². The van der Waals surface area contributed by atoms with Crippen LogP contribution in [0.4, 0.5) is 4.39 Å². The molecule has 2 aromatic carbocycles. The van der Waals surface area contributed by atoms with Gasteiger partial charge in [0.05, 0.1) is 11.6 Å². The fourth-order valence-corrected chi connectivity index (χ4v) is 3.18. The van der Waals surface area contributed by atoms with Crippen LogP contribution in [-0.4, -0.2) is 41.9 Å². The van der Waals surface area contributed by atoms with Gasteiger partial charge in [0.1, 0.15) is 5.82 Å². The highest BCUT2D eigenvalue weighted by Gasteiger charge is 2.21. The Labute approximate surface area is 153 Å². The minimum absolute atomic E-state index is 0.107. The first kappa shape index (κ1) is 18.1. The Hall–Kier alpha value is -2.71. The third kappa shape index (κ3) is 4.27. The molecular formula is C21H22FN3O. The van der Waals surface area contributed by atoms with E-state index in [1.165, 1.54) is 6.07 Å².